The Labute approximate surface area is 151 Å². The Morgan fingerprint density at radius 2 is 1.60 bits per heavy atom. The lowest BCUT2D eigenvalue weighted by Crippen LogP contribution is -2.44. The zero-order valence-electron chi connectivity index (χ0n) is 16.2. The molecule has 2 aromatic carbocycles. The van der Waals surface area contributed by atoms with Crippen LogP contribution in [0.4, 0.5) is 4.39 Å². The summed E-state index contributed by atoms with van der Waals surface area (Å²) in [6, 6.07) is 11.2. The fraction of sp³-hybridized carbons (Fsp3) is 0.455. The molecular formula is C22H30FNO. The molecule has 1 atom stereocenters. The summed E-state index contributed by atoms with van der Waals surface area (Å²) in [6.45, 7) is 10.5. The summed E-state index contributed by atoms with van der Waals surface area (Å²) in [5.41, 5.74) is 10.5. The number of nitrogens with two attached hydrogens (primary N) is 1. The van der Waals surface area contributed by atoms with Crippen LogP contribution in [-0.4, -0.2) is 12.6 Å². The molecule has 1 unspecified atom stereocenters. The summed E-state index contributed by atoms with van der Waals surface area (Å²) in [6.07, 6.45) is 1.49. The van der Waals surface area contributed by atoms with E-state index in [1.165, 1.54) is 22.8 Å². The van der Waals surface area contributed by atoms with Crippen LogP contribution in [0, 0.1) is 19.7 Å². The summed E-state index contributed by atoms with van der Waals surface area (Å²) < 4.78 is 19.2. The maximum Gasteiger partial charge on any atom is 0.123 e. The maximum atomic E-state index is 13.8. The minimum atomic E-state index is -0.416. The SMILES string of the molecule is COc1ccc(F)cc1C(C)(C)CC(C)(N)Cc1cc(C)cc(C)c1. The van der Waals surface area contributed by atoms with E-state index < -0.39 is 5.54 Å². The fourth-order valence-corrected chi connectivity index (χ4v) is 4.01. The van der Waals surface area contributed by atoms with Gasteiger partial charge in [-0.05, 0) is 62.8 Å². The van der Waals surface area contributed by atoms with Gasteiger partial charge in [0.15, 0.2) is 0 Å². The van der Waals surface area contributed by atoms with Crippen molar-refractivity contribution in [2.24, 2.45) is 5.73 Å². The molecule has 2 nitrogen and oxygen atoms in total. The van der Waals surface area contributed by atoms with Gasteiger partial charge < -0.3 is 10.5 Å². The molecular weight excluding hydrogens is 313 g/mol. The van der Waals surface area contributed by atoms with Gasteiger partial charge in [-0.25, -0.2) is 4.39 Å². The number of ether oxygens (including phenoxy) is 1. The van der Waals surface area contributed by atoms with Crippen molar-refractivity contribution in [1.82, 2.24) is 0 Å². The van der Waals surface area contributed by atoms with Gasteiger partial charge in [-0.2, -0.15) is 0 Å². The molecule has 3 heteroatoms. The number of hydrogen-bond donors (Lipinski definition) is 1. The second-order valence-corrected chi connectivity index (χ2v) is 8.23. The smallest absolute Gasteiger partial charge is 0.123 e. The van der Waals surface area contributed by atoms with Crippen LogP contribution < -0.4 is 10.5 Å². The average molecular weight is 343 g/mol. The third-order valence-electron chi connectivity index (χ3n) is 4.63. The third kappa shape index (κ3) is 5.05. The first-order valence-electron chi connectivity index (χ1n) is 8.72. The summed E-state index contributed by atoms with van der Waals surface area (Å²) in [5.74, 6) is 0.450. The molecule has 0 heterocycles. The van der Waals surface area contributed by atoms with Gasteiger partial charge in [-0.15, -0.1) is 0 Å². The van der Waals surface area contributed by atoms with Crippen molar-refractivity contribution >= 4 is 0 Å². The number of benzene rings is 2. The van der Waals surface area contributed by atoms with Crippen LogP contribution in [0.15, 0.2) is 36.4 Å². The highest BCUT2D eigenvalue weighted by atomic mass is 19.1. The molecule has 0 bridgehead atoms. The molecule has 2 aromatic rings. The molecule has 2 rings (SSSR count). The largest absolute Gasteiger partial charge is 0.496 e. The van der Waals surface area contributed by atoms with E-state index in [0.717, 1.165) is 12.0 Å². The maximum absolute atomic E-state index is 13.8. The number of halogens is 1. The van der Waals surface area contributed by atoms with Crippen LogP contribution in [0.5, 0.6) is 5.75 Å². The highest BCUT2D eigenvalue weighted by Gasteiger charge is 2.33. The van der Waals surface area contributed by atoms with Gasteiger partial charge in [0.25, 0.3) is 0 Å². The van der Waals surface area contributed by atoms with E-state index in [-0.39, 0.29) is 11.2 Å². The van der Waals surface area contributed by atoms with Gasteiger partial charge in [0.05, 0.1) is 7.11 Å². The first kappa shape index (κ1) is 19.5. The van der Waals surface area contributed by atoms with Gasteiger partial charge in [0, 0.05) is 11.1 Å². The second kappa shape index (κ2) is 7.17. The van der Waals surface area contributed by atoms with Crippen molar-refractivity contribution in [3.8, 4) is 5.75 Å². The van der Waals surface area contributed by atoms with E-state index in [1.807, 2.05) is 0 Å². The van der Waals surface area contributed by atoms with Crippen LogP contribution in [0.25, 0.3) is 0 Å². The van der Waals surface area contributed by atoms with Crippen molar-refractivity contribution in [3.63, 3.8) is 0 Å². The Kier molecular flexibility index (Phi) is 5.58. The van der Waals surface area contributed by atoms with Gasteiger partial charge in [0.1, 0.15) is 11.6 Å². The van der Waals surface area contributed by atoms with Gasteiger partial charge >= 0.3 is 0 Å². The summed E-state index contributed by atoms with van der Waals surface area (Å²) in [7, 11) is 1.62. The average Bonchev–Trinajstić information content (AvgIpc) is 2.44. The van der Waals surface area contributed by atoms with Crippen LogP contribution in [0.3, 0.4) is 0 Å². The molecule has 2 N–H and O–H groups in total. The van der Waals surface area contributed by atoms with E-state index in [0.29, 0.717) is 12.2 Å². The third-order valence-corrected chi connectivity index (χ3v) is 4.63. The predicted molar refractivity (Wildman–Crippen MR) is 103 cm³/mol. The molecule has 0 radical (unpaired) electrons. The number of methoxy groups -OCH3 is 1. The zero-order valence-corrected chi connectivity index (χ0v) is 16.2. The lowest BCUT2D eigenvalue weighted by Gasteiger charge is -2.36. The Balaban J connectivity index is 2.27. The van der Waals surface area contributed by atoms with Crippen LogP contribution in [0.1, 0.15) is 49.4 Å². The second-order valence-electron chi connectivity index (χ2n) is 8.23. The monoisotopic (exact) mass is 343 g/mol. The highest BCUT2D eigenvalue weighted by Crippen LogP contribution is 2.38. The van der Waals surface area contributed by atoms with E-state index >= 15 is 0 Å². The molecule has 0 fully saturated rings. The molecule has 0 spiro atoms. The highest BCUT2D eigenvalue weighted by molar-refractivity contribution is 5.40. The summed E-state index contributed by atoms with van der Waals surface area (Å²) in [4.78, 5) is 0. The Morgan fingerprint density at radius 1 is 1.00 bits per heavy atom. The lowest BCUT2D eigenvalue weighted by atomic mass is 9.72. The number of rotatable bonds is 6. The summed E-state index contributed by atoms with van der Waals surface area (Å²) >= 11 is 0. The van der Waals surface area contributed by atoms with Crippen molar-refractivity contribution in [2.75, 3.05) is 7.11 Å². The lowest BCUT2D eigenvalue weighted by molar-refractivity contribution is 0.312. The molecule has 0 aliphatic carbocycles. The predicted octanol–water partition coefficient (Wildman–Crippen LogP) is 5.08. The number of aryl methyl sites for hydroxylation is 2. The molecule has 136 valence electrons. The number of hydrogen-bond acceptors (Lipinski definition) is 2. The molecule has 0 aliphatic heterocycles. The van der Waals surface area contributed by atoms with Gasteiger partial charge in [-0.1, -0.05) is 43.2 Å². The molecule has 0 saturated heterocycles. The molecule has 0 saturated carbocycles. The Hall–Kier alpha value is -1.87. The van der Waals surface area contributed by atoms with Gasteiger partial charge in [-0.3, -0.25) is 0 Å². The van der Waals surface area contributed by atoms with Crippen LogP contribution in [0.2, 0.25) is 0 Å². The Bertz CT molecular complexity index is 729. The minimum Gasteiger partial charge on any atom is -0.496 e. The molecule has 0 aromatic heterocycles. The van der Waals surface area contributed by atoms with Crippen molar-refractivity contribution in [2.45, 2.75) is 58.4 Å². The van der Waals surface area contributed by atoms with Crippen LogP contribution in [-0.2, 0) is 11.8 Å². The van der Waals surface area contributed by atoms with E-state index in [2.05, 4.69) is 52.8 Å². The van der Waals surface area contributed by atoms with E-state index in [4.69, 9.17) is 10.5 Å². The summed E-state index contributed by atoms with van der Waals surface area (Å²) in [5, 5.41) is 0. The first-order chi connectivity index (χ1) is 11.5. The van der Waals surface area contributed by atoms with Crippen molar-refractivity contribution in [1.29, 1.82) is 0 Å². The minimum absolute atomic E-state index is 0.253. The fourth-order valence-electron chi connectivity index (χ4n) is 4.01. The van der Waals surface area contributed by atoms with E-state index in [9.17, 15) is 4.39 Å². The van der Waals surface area contributed by atoms with Crippen molar-refractivity contribution < 1.29 is 9.13 Å². The zero-order chi connectivity index (χ0) is 18.8. The molecule has 0 amide bonds. The molecule has 25 heavy (non-hydrogen) atoms. The topological polar surface area (TPSA) is 35.2 Å². The molecule has 0 aliphatic rings. The normalized spacial score (nSPS) is 14.2. The quantitative estimate of drug-likeness (QED) is 0.794. The first-order valence-corrected chi connectivity index (χ1v) is 8.72. The van der Waals surface area contributed by atoms with Crippen LogP contribution >= 0.6 is 0 Å². The van der Waals surface area contributed by atoms with E-state index in [1.54, 1.807) is 19.2 Å². The Morgan fingerprint density at radius 3 is 2.16 bits per heavy atom. The standard InChI is InChI=1S/C22H30FNO/c1-15-9-16(2)11-17(10-15)13-22(5,24)14-21(3,4)19-12-18(23)7-8-20(19)25-6/h7-12H,13-14,24H2,1-6H3. The van der Waals surface area contributed by atoms with Crippen molar-refractivity contribution in [3.05, 3.63) is 64.5 Å². The van der Waals surface area contributed by atoms with Gasteiger partial charge in [0.2, 0.25) is 0 Å².